The first kappa shape index (κ1) is 14.8. The SMILES string of the molecule is Oc1ccc(-c2nccn3nc(NC4=CC5=CNSN5C=C4)nc23)cn1. The van der Waals surface area contributed by atoms with E-state index in [1.807, 2.05) is 28.9 Å². The molecule has 26 heavy (non-hydrogen) atoms. The largest absolute Gasteiger partial charge is 0.493 e. The third-order valence-corrected chi connectivity index (χ3v) is 4.59. The molecule has 3 N–H and O–H groups in total. The van der Waals surface area contributed by atoms with E-state index >= 15 is 0 Å². The van der Waals surface area contributed by atoms with E-state index in [0.29, 0.717) is 17.3 Å². The summed E-state index contributed by atoms with van der Waals surface area (Å²) in [5, 5.41) is 17.0. The van der Waals surface area contributed by atoms with Crippen molar-refractivity contribution < 1.29 is 5.11 Å². The van der Waals surface area contributed by atoms with E-state index in [1.165, 1.54) is 18.2 Å². The molecule has 5 rings (SSSR count). The lowest BCUT2D eigenvalue weighted by Crippen LogP contribution is -2.10. The van der Waals surface area contributed by atoms with E-state index in [9.17, 15) is 5.11 Å². The highest BCUT2D eigenvalue weighted by Crippen LogP contribution is 2.28. The van der Waals surface area contributed by atoms with Crippen LogP contribution in [0.4, 0.5) is 5.95 Å². The predicted molar refractivity (Wildman–Crippen MR) is 97.2 cm³/mol. The second-order valence-corrected chi connectivity index (χ2v) is 6.34. The number of anilines is 1. The molecule has 5 heterocycles. The summed E-state index contributed by atoms with van der Waals surface area (Å²) in [6, 6.07) is 3.26. The maximum absolute atomic E-state index is 9.37. The maximum Gasteiger partial charge on any atom is 0.247 e. The Labute approximate surface area is 152 Å². The Morgan fingerprint density at radius 1 is 1.23 bits per heavy atom. The van der Waals surface area contributed by atoms with Gasteiger partial charge in [0.15, 0.2) is 5.65 Å². The summed E-state index contributed by atoms with van der Waals surface area (Å²) in [7, 11) is 0. The van der Waals surface area contributed by atoms with Crippen LogP contribution in [0.3, 0.4) is 0 Å². The van der Waals surface area contributed by atoms with Crippen molar-refractivity contribution in [3.63, 3.8) is 0 Å². The second-order valence-electron chi connectivity index (χ2n) is 5.53. The zero-order chi connectivity index (χ0) is 17.5. The van der Waals surface area contributed by atoms with Gasteiger partial charge in [-0.2, -0.15) is 4.98 Å². The van der Waals surface area contributed by atoms with E-state index in [-0.39, 0.29) is 5.88 Å². The third-order valence-electron chi connectivity index (χ3n) is 3.84. The van der Waals surface area contributed by atoms with Crippen LogP contribution in [-0.4, -0.2) is 34.0 Å². The highest BCUT2D eigenvalue weighted by molar-refractivity contribution is 7.95. The van der Waals surface area contributed by atoms with Crippen molar-refractivity contribution in [1.29, 1.82) is 0 Å². The number of allylic oxidation sites excluding steroid dienone is 2. The zero-order valence-corrected chi connectivity index (χ0v) is 14.1. The molecular formula is C16H12N8OS. The zero-order valence-electron chi connectivity index (χ0n) is 13.2. The van der Waals surface area contributed by atoms with Crippen molar-refractivity contribution in [2.24, 2.45) is 0 Å². The lowest BCUT2D eigenvalue weighted by molar-refractivity contribution is 0.453. The van der Waals surface area contributed by atoms with Crippen LogP contribution in [0.1, 0.15) is 0 Å². The molecule has 0 atom stereocenters. The van der Waals surface area contributed by atoms with Crippen LogP contribution in [0.2, 0.25) is 0 Å². The van der Waals surface area contributed by atoms with Crippen molar-refractivity contribution in [1.82, 2.24) is 33.6 Å². The van der Waals surface area contributed by atoms with E-state index in [1.54, 1.807) is 29.2 Å². The van der Waals surface area contributed by atoms with Gasteiger partial charge in [0.1, 0.15) is 5.69 Å². The normalized spacial score (nSPS) is 15.5. The maximum atomic E-state index is 9.37. The highest BCUT2D eigenvalue weighted by atomic mass is 32.2. The number of hydrogen-bond donors (Lipinski definition) is 3. The number of fused-ring (bicyclic) bond motifs is 2. The minimum atomic E-state index is -0.0385. The molecule has 3 aromatic heterocycles. The lowest BCUT2D eigenvalue weighted by Gasteiger charge is -2.17. The molecular weight excluding hydrogens is 352 g/mol. The number of nitrogens with zero attached hydrogens (tertiary/aromatic N) is 6. The molecule has 10 heteroatoms. The summed E-state index contributed by atoms with van der Waals surface area (Å²) in [5.74, 6) is 0.429. The Hall–Kier alpha value is -3.53. The summed E-state index contributed by atoms with van der Waals surface area (Å²) in [4.78, 5) is 12.8. The van der Waals surface area contributed by atoms with Gasteiger partial charge in [0.25, 0.3) is 0 Å². The van der Waals surface area contributed by atoms with Crippen molar-refractivity contribution in [3.05, 3.63) is 66.7 Å². The molecule has 0 unspecified atom stereocenters. The predicted octanol–water partition coefficient (Wildman–Crippen LogP) is 2.02. The Morgan fingerprint density at radius 3 is 3.08 bits per heavy atom. The van der Waals surface area contributed by atoms with E-state index in [2.05, 4.69) is 30.1 Å². The molecule has 0 saturated carbocycles. The van der Waals surface area contributed by atoms with Crippen LogP contribution in [0, 0.1) is 0 Å². The Balaban J connectivity index is 1.50. The first-order valence-corrected chi connectivity index (χ1v) is 8.49. The fourth-order valence-corrected chi connectivity index (χ4v) is 3.26. The molecule has 0 aromatic carbocycles. The van der Waals surface area contributed by atoms with Gasteiger partial charge in [0, 0.05) is 48.3 Å². The van der Waals surface area contributed by atoms with Gasteiger partial charge in [-0.1, -0.05) is 0 Å². The minimum Gasteiger partial charge on any atom is -0.493 e. The second kappa shape index (κ2) is 5.77. The van der Waals surface area contributed by atoms with Crippen molar-refractivity contribution in [3.8, 4) is 17.1 Å². The van der Waals surface area contributed by atoms with Crippen LogP contribution in [0.25, 0.3) is 16.9 Å². The highest BCUT2D eigenvalue weighted by Gasteiger charge is 2.17. The summed E-state index contributed by atoms with van der Waals surface area (Å²) < 4.78 is 6.76. The number of aromatic hydroxyl groups is 1. The van der Waals surface area contributed by atoms with Gasteiger partial charge in [-0.05, 0) is 18.2 Å². The van der Waals surface area contributed by atoms with Gasteiger partial charge in [0.2, 0.25) is 11.8 Å². The summed E-state index contributed by atoms with van der Waals surface area (Å²) in [6.07, 6.45) is 12.8. The molecule has 0 saturated heterocycles. The standard InChI is InChI=1S/C16H12N8OS/c25-13-2-1-10(8-18-13)14-15-21-16(22-23(15)6-4-17-14)20-11-3-5-24-12(7-11)9-19-26-24/h1-9,19H,(H,18,25)(H,20,22). The monoisotopic (exact) mass is 364 g/mol. The molecule has 9 nitrogen and oxygen atoms in total. The van der Waals surface area contributed by atoms with Gasteiger partial charge in [-0.15, -0.1) is 5.10 Å². The molecule has 0 aliphatic carbocycles. The first-order chi connectivity index (χ1) is 12.8. The Morgan fingerprint density at radius 2 is 2.19 bits per heavy atom. The molecule has 0 fully saturated rings. The van der Waals surface area contributed by atoms with Crippen LogP contribution >= 0.6 is 12.1 Å². The summed E-state index contributed by atoms with van der Waals surface area (Å²) >= 11 is 1.50. The first-order valence-electron chi connectivity index (χ1n) is 7.72. The van der Waals surface area contributed by atoms with Gasteiger partial charge in [-0.3, -0.25) is 9.29 Å². The number of rotatable bonds is 3. The van der Waals surface area contributed by atoms with E-state index in [4.69, 9.17) is 0 Å². The molecule has 2 aliphatic heterocycles. The van der Waals surface area contributed by atoms with Crippen LogP contribution in [0.15, 0.2) is 66.7 Å². The van der Waals surface area contributed by atoms with Crippen LogP contribution in [0.5, 0.6) is 5.88 Å². The van der Waals surface area contributed by atoms with Crippen molar-refractivity contribution in [2.75, 3.05) is 5.32 Å². The van der Waals surface area contributed by atoms with Crippen LogP contribution < -0.4 is 10.0 Å². The van der Waals surface area contributed by atoms with Gasteiger partial charge in [-0.25, -0.2) is 9.50 Å². The van der Waals surface area contributed by atoms with Gasteiger partial charge >= 0.3 is 0 Å². The number of pyridine rings is 1. The fraction of sp³-hybridized carbons (Fsp3) is 0. The fourth-order valence-electron chi connectivity index (χ4n) is 2.64. The average Bonchev–Trinajstić information content (AvgIpc) is 3.28. The molecule has 2 aliphatic rings. The molecule has 0 radical (unpaired) electrons. The molecule has 0 amide bonds. The van der Waals surface area contributed by atoms with E-state index in [0.717, 1.165) is 17.0 Å². The minimum absolute atomic E-state index is 0.0385. The van der Waals surface area contributed by atoms with E-state index < -0.39 is 0 Å². The van der Waals surface area contributed by atoms with Crippen LogP contribution in [-0.2, 0) is 0 Å². The third kappa shape index (κ3) is 2.52. The summed E-state index contributed by atoms with van der Waals surface area (Å²) in [5.41, 5.74) is 3.91. The molecule has 3 aromatic rings. The van der Waals surface area contributed by atoms with Gasteiger partial charge in [0.05, 0.1) is 17.8 Å². The topological polar surface area (TPSA) is 104 Å². The van der Waals surface area contributed by atoms with Crippen molar-refractivity contribution in [2.45, 2.75) is 0 Å². The number of nitrogens with one attached hydrogen (secondary N) is 2. The van der Waals surface area contributed by atoms with Crippen molar-refractivity contribution >= 4 is 23.7 Å². The quantitative estimate of drug-likeness (QED) is 0.602. The Kier molecular flexibility index (Phi) is 3.28. The molecule has 128 valence electrons. The van der Waals surface area contributed by atoms with Gasteiger partial charge < -0.3 is 15.1 Å². The summed E-state index contributed by atoms with van der Waals surface area (Å²) in [6.45, 7) is 0. The lowest BCUT2D eigenvalue weighted by atomic mass is 10.2. The number of aromatic nitrogens is 5. The molecule has 0 bridgehead atoms. The molecule has 0 spiro atoms. The number of hydrogen-bond acceptors (Lipinski definition) is 9. The average molecular weight is 364 g/mol. The smallest absolute Gasteiger partial charge is 0.247 e. The Bertz CT molecular complexity index is 1090.